The summed E-state index contributed by atoms with van der Waals surface area (Å²) in [6.45, 7) is 3.04. The van der Waals surface area contributed by atoms with Crippen molar-refractivity contribution in [2.45, 2.75) is 32.9 Å². The highest BCUT2D eigenvalue weighted by Gasteiger charge is 2.18. The number of rotatable bonds is 6. The Bertz CT molecular complexity index is 748. The highest BCUT2D eigenvalue weighted by atomic mass is 16.3. The molecule has 0 aliphatic rings. The molecule has 23 heavy (non-hydrogen) atoms. The molecule has 2 aromatic carbocycles. The second-order valence-electron chi connectivity index (χ2n) is 5.63. The maximum atomic E-state index is 9.96. The standard InChI is InChI=1S/C20H22N2O/c1-2-3-14-22-18(15-23)19(16-10-6-4-7-11-16)21-20(22)17-12-8-5-9-13-17/h4-13,23H,2-3,14-15H2,1H3. The SMILES string of the molecule is CCCCn1c(-c2ccccc2)nc(-c2ccccc2)c1CO. The zero-order valence-electron chi connectivity index (χ0n) is 13.4. The molecule has 0 aliphatic carbocycles. The fourth-order valence-corrected chi connectivity index (χ4v) is 2.84. The summed E-state index contributed by atoms with van der Waals surface area (Å²) in [5.41, 5.74) is 3.90. The summed E-state index contributed by atoms with van der Waals surface area (Å²) in [5, 5.41) is 9.96. The molecule has 0 spiro atoms. The van der Waals surface area contributed by atoms with E-state index in [4.69, 9.17) is 4.98 Å². The number of nitrogens with zero attached hydrogens (tertiary/aromatic N) is 2. The molecular weight excluding hydrogens is 284 g/mol. The summed E-state index contributed by atoms with van der Waals surface area (Å²) in [6, 6.07) is 20.3. The molecule has 3 nitrogen and oxygen atoms in total. The van der Waals surface area contributed by atoms with Gasteiger partial charge in [0.05, 0.1) is 18.0 Å². The molecule has 118 valence electrons. The number of aromatic nitrogens is 2. The zero-order chi connectivity index (χ0) is 16.1. The Hall–Kier alpha value is -2.39. The maximum absolute atomic E-state index is 9.96. The number of aliphatic hydroxyl groups is 1. The van der Waals surface area contributed by atoms with Crippen molar-refractivity contribution in [2.75, 3.05) is 0 Å². The Balaban J connectivity index is 2.16. The Morgan fingerprint density at radius 3 is 2.09 bits per heavy atom. The van der Waals surface area contributed by atoms with Crippen LogP contribution >= 0.6 is 0 Å². The van der Waals surface area contributed by atoms with Crippen molar-refractivity contribution >= 4 is 0 Å². The maximum Gasteiger partial charge on any atom is 0.140 e. The minimum atomic E-state index is -0.00618. The van der Waals surface area contributed by atoms with Crippen LogP contribution in [-0.2, 0) is 13.2 Å². The predicted octanol–water partition coefficient (Wildman–Crippen LogP) is 4.51. The first-order chi connectivity index (χ1) is 11.3. The van der Waals surface area contributed by atoms with Crippen LogP contribution in [0.2, 0.25) is 0 Å². The average molecular weight is 306 g/mol. The van der Waals surface area contributed by atoms with Gasteiger partial charge in [-0.25, -0.2) is 4.98 Å². The number of benzene rings is 2. The van der Waals surface area contributed by atoms with Crippen LogP contribution in [0.1, 0.15) is 25.5 Å². The average Bonchev–Trinajstić information content (AvgIpc) is 3.00. The molecular formula is C20H22N2O. The third-order valence-corrected chi connectivity index (χ3v) is 4.04. The lowest BCUT2D eigenvalue weighted by Gasteiger charge is -2.11. The van der Waals surface area contributed by atoms with E-state index in [1.54, 1.807) is 0 Å². The molecule has 0 aliphatic heterocycles. The van der Waals surface area contributed by atoms with E-state index in [9.17, 15) is 5.11 Å². The van der Waals surface area contributed by atoms with E-state index in [0.29, 0.717) is 0 Å². The van der Waals surface area contributed by atoms with Crippen molar-refractivity contribution in [1.82, 2.24) is 9.55 Å². The van der Waals surface area contributed by atoms with Gasteiger partial charge in [-0.3, -0.25) is 0 Å². The van der Waals surface area contributed by atoms with E-state index in [-0.39, 0.29) is 6.61 Å². The van der Waals surface area contributed by atoms with Crippen LogP contribution in [0, 0.1) is 0 Å². The van der Waals surface area contributed by atoms with Gasteiger partial charge in [-0.05, 0) is 6.42 Å². The number of hydrogen-bond donors (Lipinski definition) is 1. The van der Waals surface area contributed by atoms with E-state index >= 15 is 0 Å². The van der Waals surface area contributed by atoms with Crippen LogP contribution in [0.4, 0.5) is 0 Å². The molecule has 0 atom stereocenters. The summed E-state index contributed by atoms with van der Waals surface area (Å²) in [4.78, 5) is 4.88. The fraction of sp³-hybridized carbons (Fsp3) is 0.250. The molecule has 0 amide bonds. The monoisotopic (exact) mass is 306 g/mol. The first-order valence-corrected chi connectivity index (χ1v) is 8.16. The molecule has 0 fully saturated rings. The molecule has 0 saturated carbocycles. The lowest BCUT2D eigenvalue weighted by molar-refractivity contribution is 0.271. The van der Waals surface area contributed by atoms with Crippen LogP contribution in [0.3, 0.4) is 0 Å². The molecule has 3 rings (SSSR count). The van der Waals surface area contributed by atoms with Crippen molar-refractivity contribution in [1.29, 1.82) is 0 Å². The Morgan fingerprint density at radius 2 is 1.52 bits per heavy atom. The molecule has 3 heteroatoms. The molecule has 3 aromatic rings. The number of imidazole rings is 1. The molecule has 1 N–H and O–H groups in total. The lowest BCUT2D eigenvalue weighted by Crippen LogP contribution is -2.05. The van der Waals surface area contributed by atoms with Gasteiger partial charge in [-0.15, -0.1) is 0 Å². The highest BCUT2D eigenvalue weighted by Crippen LogP contribution is 2.29. The Morgan fingerprint density at radius 1 is 0.913 bits per heavy atom. The third kappa shape index (κ3) is 3.20. The van der Waals surface area contributed by atoms with Gasteiger partial charge in [0.2, 0.25) is 0 Å². The summed E-state index contributed by atoms with van der Waals surface area (Å²) < 4.78 is 2.17. The van der Waals surface area contributed by atoms with Crippen molar-refractivity contribution in [3.05, 3.63) is 66.4 Å². The Labute approximate surface area is 137 Å². The van der Waals surface area contributed by atoms with Crippen molar-refractivity contribution in [3.8, 4) is 22.6 Å². The number of unbranched alkanes of at least 4 members (excludes halogenated alkanes) is 1. The molecule has 0 saturated heterocycles. The van der Waals surface area contributed by atoms with Gasteiger partial charge in [0.1, 0.15) is 5.82 Å². The van der Waals surface area contributed by atoms with E-state index in [2.05, 4.69) is 23.6 Å². The van der Waals surface area contributed by atoms with Crippen LogP contribution in [0.5, 0.6) is 0 Å². The van der Waals surface area contributed by atoms with E-state index in [0.717, 1.165) is 47.7 Å². The van der Waals surface area contributed by atoms with Crippen LogP contribution in [0.15, 0.2) is 60.7 Å². The highest BCUT2D eigenvalue weighted by molar-refractivity contribution is 5.68. The normalized spacial score (nSPS) is 10.9. The third-order valence-electron chi connectivity index (χ3n) is 4.04. The summed E-state index contributed by atoms with van der Waals surface area (Å²) in [6.07, 6.45) is 2.18. The molecule has 0 radical (unpaired) electrons. The molecule has 0 bridgehead atoms. The van der Waals surface area contributed by atoms with Crippen LogP contribution < -0.4 is 0 Å². The second kappa shape index (κ2) is 7.25. The summed E-state index contributed by atoms with van der Waals surface area (Å²) >= 11 is 0. The van der Waals surface area contributed by atoms with Gasteiger partial charge in [0, 0.05) is 17.7 Å². The molecule has 1 aromatic heterocycles. The minimum absolute atomic E-state index is 0.00618. The van der Waals surface area contributed by atoms with Crippen molar-refractivity contribution < 1.29 is 5.11 Å². The van der Waals surface area contributed by atoms with E-state index < -0.39 is 0 Å². The van der Waals surface area contributed by atoms with Gasteiger partial charge in [0.25, 0.3) is 0 Å². The first-order valence-electron chi connectivity index (χ1n) is 8.16. The first kappa shape index (κ1) is 15.5. The number of hydrogen-bond acceptors (Lipinski definition) is 2. The van der Waals surface area contributed by atoms with Gasteiger partial charge in [-0.2, -0.15) is 0 Å². The predicted molar refractivity (Wildman–Crippen MR) is 93.9 cm³/mol. The van der Waals surface area contributed by atoms with Gasteiger partial charge < -0.3 is 9.67 Å². The fourth-order valence-electron chi connectivity index (χ4n) is 2.84. The Kier molecular flexibility index (Phi) is 4.89. The molecule has 0 unspecified atom stereocenters. The molecule has 1 heterocycles. The van der Waals surface area contributed by atoms with Crippen LogP contribution in [0.25, 0.3) is 22.6 Å². The summed E-state index contributed by atoms with van der Waals surface area (Å²) in [5.74, 6) is 0.932. The smallest absolute Gasteiger partial charge is 0.140 e. The number of aliphatic hydroxyl groups excluding tert-OH is 1. The van der Waals surface area contributed by atoms with Crippen molar-refractivity contribution in [3.63, 3.8) is 0 Å². The largest absolute Gasteiger partial charge is 0.390 e. The lowest BCUT2D eigenvalue weighted by atomic mass is 10.1. The second-order valence-corrected chi connectivity index (χ2v) is 5.63. The minimum Gasteiger partial charge on any atom is -0.390 e. The van der Waals surface area contributed by atoms with Gasteiger partial charge in [0.15, 0.2) is 0 Å². The van der Waals surface area contributed by atoms with E-state index in [1.807, 2.05) is 48.5 Å². The van der Waals surface area contributed by atoms with E-state index in [1.165, 1.54) is 0 Å². The topological polar surface area (TPSA) is 38.0 Å². The summed E-state index contributed by atoms with van der Waals surface area (Å²) in [7, 11) is 0. The van der Waals surface area contributed by atoms with Crippen LogP contribution in [-0.4, -0.2) is 14.7 Å². The zero-order valence-corrected chi connectivity index (χ0v) is 13.4. The van der Waals surface area contributed by atoms with Crippen molar-refractivity contribution in [2.24, 2.45) is 0 Å². The quantitative estimate of drug-likeness (QED) is 0.727. The van der Waals surface area contributed by atoms with Gasteiger partial charge >= 0.3 is 0 Å². The van der Waals surface area contributed by atoms with Gasteiger partial charge in [-0.1, -0.05) is 74.0 Å².